The molecule has 0 bridgehead atoms. The Kier molecular flexibility index (Phi) is 3.52. The van der Waals surface area contributed by atoms with E-state index in [2.05, 4.69) is 11.1 Å². The molecule has 2 rings (SSSR count). The molecule has 0 fully saturated rings. The lowest BCUT2D eigenvalue weighted by Crippen LogP contribution is -2.09. The van der Waals surface area contributed by atoms with Crippen molar-refractivity contribution in [3.05, 3.63) is 30.1 Å². The van der Waals surface area contributed by atoms with Crippen molar-refractivity contribution in [1.82, 2.24) is 9.55 Å². The summed E-state index contributed by atoms with van der Waals surface area (Å²) in [7, 11) is 0. The molecule has 0 unspecified atom stereocenters. The summed E-state index contributed by atoms with van der Waals surface area (Å²) >= 11 is 0. The maximum Gasteiger partial charge on any atom is 0.161 e. The maximum absolute atomic E-state index is 13.2. The van der Waals surface area contributed by atoms with Gasteiger partial charge in [0.25, 0.3) is 0 Å². The van der Waals surface area contributed by atoms with Crippen LogP contribution in [0, 0.1) is 28.4 Å². The summed E-state index contributed by atoms with van der Waals surface area (Å²) in [6.45, 7) is 4.40. The first kappa shape index (κ1) is 13.5. The number of aryl methyl sites for hydroxylation is 1. The molecule has 100 valence electrons. The van der Waals surface area contributed by atoms with Crippen molar-refractivity contribution in [2.45, 2.75) is 33.2 Å². The first-order valence-corrected chi connectivity index (χ1v) is 6.14. The smallest absolute Gasteiger partial charge is 0.161 e. The van der Waals surface area contributed by atoms with Crippen molar-refractivity contribution in [3.63, 3.8) is 0 Å². The topological polar surface area (TPSA) is 41.6 Å². The van der Waals surface area contributed by atoms with Crippen LogP contribution in [0.2, 0.25) is 0 Å². The zero-order chi connectivity index (χ0) is 14.0. The van der Waals surface area contributed by atoms with Gasteiger partial charge in [0.2, 0.25) is 0 Å². The molecule has 0 saturated carbocycles. The lowest BCUT2D eigenvalue weighted by molar-refractivity contribution is 0.417. The number of nitrogens with zero attached hydrogens (tertiary/aromatic N) is 3. The molecule has 5 heteroatoms. The van der Waals surface area contributed by atoms with Crippen LogP contribution in [0.4, 0.5) is 8.78 Å². The summed E-state index contributed by atoms with van der Waals surface area (Å²) < 4.78 is 28.0. The van der Waals surface area contributed by atoms with Crippen LogP contribution in [0.25, 0.3) is 11.0 Å². The molecule has 1 aromatic heterocycles. The molecule has 3 nitrogen and oxygen atoms in total. The average Bonchev–Trinajstić information content (AvgIpc) is 2.73. The van der Waals surface area contributed by atoms with E-state index >= 15 is 0 Å². The number of hydrogen-bond donors (Lipinski definition) is 0. The molecule has 0 amide bonds. The standard InChI is InChI=1S/C14H15F2N3/c1-14(2,8-17)4-3-5-19-9-18-12-6-10(15)11(16)7-13(12)19/h6-7,9H,3-5H2,1-2H3. The minimum Gasteiger partial charge on any atom is -0.331 e. The number of imidazole rings is 1. The number of nitriles is 1. The Labute approximate surface area is 110 Å². The van der Waals surface area contributed by atoms with E-state index in [1.165, 1.54) is 0 Å². The molecule has 1 aromatic carbocycles. The predicted molar refractivity (Wildman–Crippen MR) is 68.3 cm³/mol. The van der Waals surface area contributed by atoms with Crippen LogP contribution < -0.4 is 0 Å². The average molecular weight is 263 g/mol. The van der Waals surface area contributed by atoms with Crippen LogP contribution in [-0.4, -0.2) is 9.55 Å². The molecule has 1 heterocycles. The molecule has 0 aliphatic rings. The van der Waals surface area contributed by atoms with Gasteiger partial charge in [-0.25, -0.2) is 13.8 Å². The Morgan fingerprint density at radius 3 is 2.68 bits per heavy atom. The van der Waals surface area contributed by atoms with Gasteiger partial charge < -0.3 is 4.57 Å². The maximum atomic E-state index is 13.2. The molecule has 0 aliphatic carbocycles. The fraction of sp³-hybridized carbons (Fsp3) is 0.429. The number of benzene rings is 1. The summed E-state index contributed by atoms with van der Waals surface area (Å²) in [4.78, 5) is 4.05. The van der Waals surface area contributed by atoms with E-state index in [-0.39, 0.29) is 5.41 Å². The second-order valence-corrected chi connectivity index (χ2v) is 5.29. The highest BCUT2D eigenvalue weighted by molar-refractivity contribution is 5.75. The van der Waals surface area contributed by atoms with Crippen molar-refractivity contribution in [3.8, 4) is 6.07 Å². The highest BCUT2D eigenvalue weighted by Gasteiger charge is 2.16. The van der Waals surface area contributed by atoms with Gasteiger partial charge in [0.05, 0.1) is 28.8 Å². The number of aromatic nitrogens is 2. The summed E-state index contributed by atoms with van der Waals surface area (Å²) in [6, 6.07) is 4.50. The number of hydrogen-bond acceptors (Lipinski definition) is 2. The minimum absolute atomic E-state index is 0.367. The van der Waals surface area contributed by atoms with Crippen LogP contribution in [-0.2, 0) is 6.54 Å². The van der Waals surface area contributed by atoms with Crippen LogP contribution in [0.5, 0.6) is 0 Å². The first-order valence-electron chi connectivity index (χ1n) is 6.14. The van der Waals surface area contributed by atoms with Gasteiger partial charge in [0.15, 0.2) is 11.6 Å². The second kappa shape index (κ2) is 4.96. The van der Waals surface area contributed by atoms with Gasteiger partial charge in [0, 0.05) is 18.7 Å². The van der Waals surface area contributed by atoms with Crippen LogP contribution in [0.1, 0.15) is 26.7 Å². The first-order chi connectivity index (χ1) is 8.93. The molecule has 0 aliphatic heterocycles. The van der Waals surface area contributed by atoms with E-state index in [0.717, 1.165) is 25.0 Å². The zero-order valence-corrected chi connectivity index (χ0v) is 11.0. The van der Waals surface area contributed by atoms with Gasteiger partial charge in [-0.3, -0.25) is 0 Å². The Bertz CT molecular complexity index is 638. The predicted octanol–water partition coefficient (Wildman–Crippen LogP) is 3.64. The minimum atomic E-state index is -0.886. The Morgan fingerprint density at radius 2 is 2.00 bits per heavy atom. The molecule has 19 heavy (non-hydrogen) atoms. The summed E-state index contributed by atoms with van der Waals surface area (Å²) in [5.41, 5.74) is 0.653. The number of halogens is 2. The van der Waals surface area contributed by atoms with E-state index in [9.17, 15) is 8.78 Å². The van der Waals surface area contributed by atoms with Crippen molar-refractivity contribution in [2.24, 2.45) is 5.41 Å². The molecular weight excluding hydrogens is 248 g/mol. The molecule has 0 saturated heterocycles. The molecule has 0 atom stereocenters. The van der Waals surface area contributed by atoms with E-state index in [0.29, 0.717) is 17.6 Å². The summed E-state index contributed by atoms with van der Waals surface area (Å²) in [6.07, 6.45) is 3.10. The summed E-state index contributed by atoms with van der Waals surface area (Å²) in [5, 5.41) is 8.93. The van der Waals surface area contributed by atoms with Crippen LogP contribution in [0.15, 0.2) is 18.5 Å². The monoisotopic (exact) mass is 263 g/mol. The largest absolute Gasteiger partial charge is 0.331 e. The fourth-order valence-corrected chi connectivity index (χ4v) is 1.98. The van der Waals surface area contributed by atoms with E-state index in [1.54, 1.807) is 10.9 Å². The molecule has 0 spiro atoms. The quantitative estimate of drug-likeness (QED) is 0.845. The van der Waals surface area contributed by atoms with E-state index < -0.39 is 11.6 Å². The third kappa shape index (κ3) is 2.90. The normalized spacial score (nSPS) is 11.7. The van der Waals surface area contributed by atoms with Gasteiger partial charge in [-0.1, -0.05) is 0 Å². The van der Waals surface area contributed by atoms with E-state index in [1.807, 2.05) is 13.8 Å². The second-order valence-electron chi connectivity index (χ2n) is 5.29. The third-order valence-electron chi connectivity index (χ3n) is 3.17. The lowest BCUT2D eigenvalue weighted by atomic mass is 9.90. The van der Waals surface area contributed by atoms with Gasteiger partial charge in [-0.2, -0.15) is 5.26 Å². The number of rotatable bonds is 4. The van der Waals surface area contributed by atoms with Crippen molar-refractivity contribution >= 4 is 11.0 Å². The molecule has 0 N–H and O–H groups in total. The Balaban J connectivity index is 2.14. The fourth-order valence-electron chi connectivity index (χ4n) is 1.98. The SMILES string of the molecule is CC(C)(C#N)CCCn1cnc2cc(F)c(F)cc21. The highest BCUT2D eigenvalue weighted by Crippen LogP contribution is 2.22. The molecular formula is C14H15F2N3. The lowest BCUT2D eigenvalue weighted by Gasteiger charge is -2.14. The van der Waals surface area contributed by atoms with Crippen LogP contribution in [0.3, 0.4) is 0 Å². The summed E-state index contributed by atoms with van der Waals surface area (Å²) in [5.74, 6) is -1.75. The van der Waals surface area contributed by atoms with Gasteiger partial charge >= 0.3 is 0 Å². The highest BCUT2D eigenvalue weighted by atomic mass is 19.2. The molecule has 0 radical (unpaired) electrons. The third-order valence-corrected chi connectivity index (χ3v) is 3.17. The van der Waals surface area contributed by atoms with Gasteiger partial charge in [-0.15, -0.1) is 0 Å². The van der Waals surface area contributed by atoms with Gasteiger partial charge in [0.1, 0.15) is 0 Å². The zero-order valence-electron chi connectivity index (χ0n) is 11.0. The molecule has 2 aromatic rings. The Hall–Kier alpha value is -1.96. The van der Waals surface area contributed by atoms with Crippen molar-refractivity contribution in [1.29, 1.82) is 5.26 Å². The van der Waals surface area contributed by atoms with E-state index in [4.69, 9.17) is 5.26 Å². The number of fused-ring (bicyclic) bond motifs is 1. The van der Waals surface area contributed by atoms with Crippen LogP contribution >= 0.6 is 0 Å². The van der Waals surface area contributed by atoms with Gasteiger partial charge in [-0.05, 0) is 26.7 Å². The van der Waals surface area contributed by atoms with Crippen molar-refractivity contribution in [2.75, 3.05) is 0 Å². The Morgan fingerprint density at radius 1 is 1.32 bits per heavy atom. The van der Waals surface area contributed by atoms with Crippen molar-refractivity contribution < 1.29 is 8.78 Å².